The van der Waals surface area contributed by atoms with Crippen molar-refractivity contribution in [2.45, 2.75) is 20.0 Å². The molecule has 0 aliphatic carbocycles. The first-order chi connectivity index (χ1) is 13.8. The molecule has 0 atom stereocenters. The normalized spacial score (nSPS) is 10.6. The summed E-state index contributed by atoms with van der Waals surface area (Å²) in [5, 5.41) is 3.84. The molecule has 4 aromatic rings. The Morgan fingerprint density at radius 2 is 1.75 bits per heavy atom. The Balaban J connectivity index is 1.44. The van der Waals surface area contributed by atoms with Crippen LogP contribution in [-0.4, -0.2) is 20.1 Å². The molecule has 4 rings (SSSR count). The van der Waals surface area contributed by atoms with Gasteiger partial charge in [0.15, 0.2) is 12.4 Å². The van der Waals surface area contributed by atoms with Crippen molar-refractivity contribution in [2.75, 3.05) is 0 Å². The highest BCUT2D eigenvalue weighted by Gasteiger charge is 2.10. The molecule has 0 fully saturated rings. The van der Waals surface area contributed by atoms with Gasteiger partial charge in [-0.2, -0.15) is 4.98 Å². The number of hydrogen-bond acceptors (Lipinski definition) is 7. The molecular weight excluding hydrogens is 356 g/mol. The maximum absolute atomic E-state index is 5.95. The van der Waals surface area contributed by atoms with Gasteiger partial charge in [0.25, 0.3) is 5.89 Å². The Morgan fingerprint density at radius 3 is 2.50 bits per heavy atom. The minimum Gasteiger partial charge on any atom is -0.484 e. The van der Waals surface area contributed by atoms with E-state index in [0.29, 0.717) is 29.1 Å². The predicted molar refractivity (Wildman–Crippen MR) is 102 cm³/mol. The van der Waals surface area contributed by atoms with Crippen LogP contribution in [0.15, 0.2) is 71.6 Å². The van der Waals surface area contributed by atoms with Crippen molar-refractivity contribution in [1.82, 2.24) is 20.1 Å². The van der Waals surface area contributed by atoms with Crippen LogP contribution in [0, 0.1) is 0 Å². The summed E-state index contributed by atoms with van der Waals surface area (Å²) < 4.78 is 16.7. The number of ether oxygens (including phenoxy) is 2. The highest BCUT2D eigenvalue weighted by atomic mass is 16.5. The van der Waals surface area contributed by atoms with Gasteiger partial charge in [0.2, 0.25) is 5.88 Å². The second kappa shape index (κ2) is 8.30. The van der Waals surface area contributed by atoms with Crippen molar-refractivity contribution in [1.29, 1.82) is 0 Å². The van der Waals surface area contributed by atoms with Crippen molar-refractivity contribution >= 4 is 0 Å². The van der Waals surface area contributed by atoms with E-state index in [0.717, 1.165) is 17.5 Å². The minimum absolute atomic E-state index is 0.220. The zero-order valence-corrected chi connectivity index (χ0v) is 15.3. The van der Waals surface area contributed by atoms with Crippen LogP contribution in [-0.2, 0) is 13.0 Å². The van der Waals surface area contributed by atoms with E-state index >= 15 is 0 Å². The van der Waals surface area contributed by atoms with E-state index in [9.17, 15) is 0 Å². The van der Waals surface area contributed by atoms with Crippen LogP contribution in [0.3, 0.4) is 0 Å². The van der Waals surface area contributed by atoms with Gasteiger partial charge in [0, 0.05) is 12.6 Å². The van der Waals surface area contributed by atoms with Crippen molar-refractivity contribution in [3.63, 3.8) is 0 Å². The van der Waals surface area contributed by atoms with Crippen LogP contribution in [0.25, 0.3) is 11.1 Å². The van der Waals surface area contributed by atoms with Gasteiger partial charge >= 0.3 is 0 Å². The van der Waals surface area contributed by atoms with Gasteiger partial charge in [0.05, 0.1) is 5.56 Å². The molecule has 0 bridgehead atoms. The lowest BCUT2D eigenvalue weighted by Crippen LogP contribution is -1.96. The lowest BCUT2D eigenvalue weighted by molar-refractivity contribution is 0.242. The zero-order valence-electron chi connectivity index (χ0n) is 15.3. The van der Waals surface area contributed by atoms with Gasteiger partial charge in [-0.15, -0.1) is 0 Å². The lowest BCUT2D eigenvalue weighted by atomic mass is 10.1. The van der Waals surface area contributed by atoms with Crippen molar-refractivity contribution in [3.8, 4) is 28.5 Å². The highest BCUT2D eigenvalue weighted by molar-refractivity contribution is 5.67. The van der Waals surface area contributed by atoms with Gasteiger partial charge in [-0.3, -0.25) is 0 Å². The zero-order chi connectivity index (χ0) is 19.2. The second-order valence-corrected chi connectivity index (χ2v) is 5.93. The Labute approximate surface area is 162 Å². The monoisotopic (exact) mass is 374 g/mol. The molecule has 2 heterocycles. The first-order valence-electron chi connectivity index (χ1n) is 8.89. The molecule has 0 aliphatic heterocycles. The number of rotatable bonds is 7. The highest BCUT2D eigenvalue weighted by Crippen LogP contribution is 2.31. The van der Waals surface area contributed by atoms with E-state index in [4.69, 9.17) is 14.0 Å². The van der Waals surface area contributed by atoms with Crippen molar-refractivity contribution in [2.24, 2.45) is 0 Å². The van der Waals surface area contributed by atoms with E-state index in [-0.39, 0.29) is 6.61 Å². The van der Waals surface area contributed by atoms with Gasteiger partial charge in [-0.25, -0.2) is 9.97 Å². The SMILES string of the molecule is CCc1noc(COc2ccc(Oc3ncncc3-c3ccccc3)cc2)n1. The lowest BCUT2D eigenvalue weighted by Gasteiger charge is -2.10. The summed E-state index contributed by atoms with van der Waals surface area (Å²) >= 11 is 0. The smallest absolute Gasteiger partial charge is 0.264 e. The molecule has 0 radical (unpaired) electrons. The largest absolute Gasteiger partial charge is 0.484 e. The van der Waals surface area contributed by atoms with Crippen LogP contribution >= 0.6 is 0 Å². The third-order valence-electron chi connectivity index (χ3n) is 3.99. The summed E-state index contributed by atoms with van der Waals surface area (Å²) in [6.07, 6.45) is 3.93. The second-order valence-electron chi connectivity index (χ2n) is 5.93. The Morgan fingerprint density at radius 1 is 0.964 bits per heavy atom. The number of nitrogens with zero attached hydrogens (tertiary/aromatic N) is 4. The van der Waals surface area contributed by atoms with Crippen molar-refractivity contribution in [3.05, 3.63) is 78.8 Å². The third-order valence-corrected chi connectivity index (χ3v) is 3.99. The number of aryl methyl sites for hydroxylation is 1. The molecule has 2 aromatic heterocycles. The van der Waals surface area contributed by atoms with Crippen LogP contribution in [0.1, 0.15) is 18.6 Å². The van der Waals surface area contributed by atoms with Gasteiger partial charge in [-0.1, -0.05) is 42.4 Å². The predicted octanol–water partition coefficient (Wildman–Crippen LogP) is 4.46. The fraction of sp³-hybridized carbons (Fsp3) is 0.143. The van der Waals surface area contributed by atoms with Gasteiger partial charge in [-0.05, 0) is 29.8 Å². The van der Waals surface area contributed by atoms with Gasteiger partial charge < -0.3 is 14.0 Å². The molecule has 2 aromatic carbocycles. The summed E-state index contributed by atoms with van der Waals surface area (Å²) in [5.74, 6) is 2.93. The van der Waals surface area contributed by atoms with Crippen molar-refractivity contribution < 1.29 is 14.0 Å². The number of aromatic nitrogens is 4. The quantitative estimate of drug-likeness (QED) is 0.472. The van der Waals surface area contributed by atoms with Crippen LogP contribution in [0.4, 0.5) is 0 Å². The third kappa shape index (κ3) is 4.15. The Kier molecular flexibility index (Phi) is 5.24. The van der Waals surface area contributed by atoms with Crippen LogP contribution in [0.2, 0.25) is 0 Å². The first kappa shape index (κ1) is 17.7. The molecule has 0 unspecified atom stereocenters. The standard InChI is InChI=1S/C21H18N4O3/c1-2-19-24-20(28-25-19)13-26-16-8-10-17(11-9-16)27-21-18(12-22-14-23-21)15-6-4-3-5-7-15/h3-12,14H,2,13H2,1H3. The van der Waals surface area contributed by atoms with E-state index < -0.39 is 0 Å². The van der Waals surface area contributed by atoms with Gasteiger partial charge in [0.1, 0.15) is 17.8 Å². The summed E-state index contributed by atoms with van der Waals surface area (Å²) in [6, 6.07) is 17.1. The molecule has 0 spiro atoms. The molecule has 0 amide bonds. The summed E-state index contributed by atoms with van der Waals surface area (Å²) in [6.45, 7) is 2.19. The molecular formula is C21H18N4O3. The van der Waals surface area contributed by atoms with E-state index in [1.807, 2.05) is 61.5 Å². The molecule has 0 saturated carbocycles. The average Bonchev–Trinajstić information content (AvgIpc) is 3.22. The number of hydrogen-bond donors (Lipinski definition) is 0. The van der Waals surface area contributed by atoms with E-state index in [2.05, 4.69) is 20.1 Å². The van der Waals surface area contributed by atoms with Crippen LogP contribution < -0.4 is 9.47 Å². The summed E-state index contributed by atoms with van der Waals surface area (Å²) in [4.78, 5) is 12.6. The molecule has 140 valence electrons. The topological polar surface area (TPSA) is 83.2 Å². The molecule has 28 heavy (non-hydrogen) atoms. The fourth-order valence-corrected chi connectivity index (χ4v) is 2.57. The van der Waals surface area contributed by atoms with E-state index in [1.165, 1.54) is 6.33 Å². The summed E-state index contributed by atoms with van der Waals surface area (Å²) in [5.41, 5.74) is 1.82. The molecule has 0 N–H and O–H groups in total. The Bertz CT molecular complexity index is 1030. The first-order valence-corrected chi connectivity index (χ1v) is 8.89. The number of benzene rings is 2. The molecule has 7 heteroatoms. The Hall–Kier alpha value is -3.74. The molecule has 7 nitrogen and oxygen atoms in total. The molecule has 0 aliphatic rings. The maximum atomic E-state index is 5.95. The maximum Gasteiger partial charge on any atom is 0.264 e. The van der Waals surface area contributed by atoms with E-state index in [1.54, 1.807) is 6.20 Å². The average molecular weight is 374 g/mol. The minimum atomic E-state index is 0.220. The van der Waals surface area contributed by atoms with Crippen LogP contribution in [0.5, 0.6) is 17.4 Å². The summed E-state index contributed by atoms with van der Waals surface area (Å²) in [7, 11) is 0. The fourth-order valence-electron chi connectivity index (χ4n) is 2.57. The molecule has 0 saturated heterocycles.